The summed E-state index contributed by atoms with van der Waals surface area (Å²) in [4.78, 5) is 11.4. The summed E-state index contributed by atoms with van der Waals surface area (Å²) in [6.45, 7) is 2.29. The van der Waals surface area contributed by atoms with E-state index in [4.69, 9.17) is 0 Å². The number of hydrogen-bond donors (Lipinski definition) is 0. The second-order valence-corrected chi connectivity index (χ2v) is 8.18. The third-order valence-electron chi connectivity index (χ3n) is 5.64. The van der Waals surface area contributed by atoms with Gasteiger partial charge in [0.1, 0.15) is 0 Å². The molecule has 25 heavy (non-hydrogen) atoms. The maximum atomic E-state index is 11.4. The first-order valence-electron chi connectivity index (χ1n) is 11.5. The molecule has 0 aromatic carbocycles. The molecule has 1 rings (SSSR count). The van der Waals surface area contributed by atoms with Gasteiger partial charge in [0, 0.05) is 6.42 Å². The predicted molar refractivity (Wildman–Crippen MR) is 111 cm³/mol. The lowest BCUT2D eigenvalue weighted by Crippen LogP contribution is -2.02. The minimum absolute atomic E-state index is 0.359. The second kappa shape index (κ2) is 16.9. The van der Waals surface area contributed by atoms with Crippen LogP contribution >= 0.6 is 0 Å². The lowest BCUT2D eigenvalue weighted by Gasteiger charge is -2.11. The number of hydrogen-bond acceptors (Lipinski definition) is 1. The fourth-order valence-corrected chi connectivity index (χ4v) is 3.96. The predicted octanol–water partition coefficient (Wildman–Crippen LogP) is 8.32. The maximum absolute atomic E-state index is 11.4. The summed E-state index contributed by atoms with van der Waals surface area (Å²) in [5, 5.41) is 0. The molecule has 1 nitrogen and oxygen atoms in total. The minimum atomic E-state index is 0.359. The monoisotopic (exact) mass is 348 g/mol. The van der Waals surface area contributed by atoms with E-state index >= 15 is 0 Å². The highest BCUT2D eigenvalue weighted by atomic mass is 16.1. The van der Waals surface area contributed by atoms with Crippen molar-refractivity contribution >= 4 is 5.78 Å². The van der Waals surface area contributed by atoms with Gasteiger partial charge in [-0.15, -0.1) is 0 Å². The average Bonchev–Trinajstić information content (AvgIpc) is 2.61. The van der Waals surface area contributed by atoms with Gasteiger partial charge in [0.05, 0.1) is 0 Å². The molecule has 0 heterocycles. The molecule has 0 aliphatic heterocycles. The Kier molecular flexibility index (Phi) is 15.1. The molecule has 0 atom stereocenters. The third-order valence-corrected chi connectivity index (χ3v) is 5.64. The van der Waals surface area contributed by atoms with Crippen LogP contribution in [0, 0.1) is 0 Å². The Hall–Kier alpha value is -0.590. The molecule has 0 fully saturated rings. The highest BCUT2D eigenvalue weighted by molar-refractivity contribution is 5.91. The van der Waals surface area contributed by atoms with Crippen LogP contribution in [-0.2, 0) is 4.79 Å². The largest absolute Gasteiger partial charge is 0.295 e. The highest BCUT2D eigenvalue weighted by Crippen LogP contribution is 2.21. The fourth-order valence-electron chi connectivity index (χ4n) is 3.96. The first-order valence-corrected chi connectivity index (χ1v) is 11.5. The Labute approximate surface area is 158 Å². The molecule has 0 bridgehead atoms. The van der Waals surface area contributed by atoms with Gasteiger partial charge in [0.2, 0.25) is 0 Å². The van der Waals surface area contributed by atoms with Crippen molar-refractivity contribution in [2.75, 3.05) is 0 Å². The van der Waals surface area contributed by atoms with Gasteiger partial charge < -0.3 is 0 Å². The van der Waals surface area contributed by atoms with Gasteiger partial charge in [-0.25, -0.2) is 0 Å². The fraction of sp³-hybridized carbons (Fsp3) is 0.875. The molecule has 0 saturated carbocycles. The van der Waals surface area contributed by atoms with Crippen LogP contribution < -0.4 is 0 Å². The quantitative estimate of drug-likeness (QED) is 0.241. The minimum Gasteiger partial charge on any atom is -0.295 e. The van der Waals surface area contributed by atoms with Crippen molar-refractivity contribution in [2.45, 2.75) is 135 Å². The van der Waals surface area contributed by atoms with Crippen molar-refractivity contribution in [2.24, 2.45) is 0 Å². The zero-order valence-corrected chi connectivity index (χ0v) is 17.1. The Balaban J connectivity index is 1.73. The van der Waals surface area contributed by atoms with Gasteiger partial charge in [-0.1, -0.05) is 109 Å². The molecule has 1 heteroatoms. The summed E-state index contributed by atoms with van der Waals surface area (Å²) in [5.41, 5.74) is 1.42. The Morgan fingerprint density at radius 1 is 0.640 bits per heavy atom. The van der Waals surface area contributed by atoms with Gasteiger partial charge in [-0.05, 0) is 31.8 Å². The summed E-state index contributed by atoms with van der Waals surface area (Å²) in [7, 11) is 0. The molecule has 0 N–H and O–H groups in total. The molecule has 1 aliphatic rings. The van der Waals surface area contributed by atoms with E-state index in [0.29, 0.717) is 5.78 Å². The second-order valence-electron chi connectivity index (χ2n) is 8.18. The molecule has 0 spiro atoms. The maximum Gasteiger partial charge on any atom is 0.155 e. The summed E-state index contributed by atoms with van der Waals surface area (Å²) in [5.74, 6) is 0.359. The first-order chi connectivity index (χ1) is 12.3. The van der Waals surface area contributed by atoms with Crippen molar-refractivity contribution in [3.05, 3.63) is 11.6 Å². The molecule has 0 aromatic heterocycles. The summed E-state index contributed by atoms with van der Waals surface area (Å²) < 4.78 is 0. The van der Waals surface area contributed by atoms with Crippen LogP contribution in [0.3, 0.4) is 0 Å². The summed E-state index contributed by atoms with van der Waals surface area (Å²) >= 11 is 0. The summed E-state index contributed by atoms with van der Waals surface area (Å²) in [6.07, 6.45) is 28.9. The molecule has 146 valence electrons. The zero-order valence-electron chi connectivity index (χ0n) is 17.1. The van der Waals surface area contributed by atoms with Crippen molar-refractivity contribution < 1.29 is 4.79 Å². The SMILES string of the molecule is CCCCCCCCCCCCCCCCCCC1=CC(=O)CCC1. The number of carbonyl (C=O) groups is 1. The average molecular weight is 349 g/mol. The molecule has 0 amide bonds. The lowest BCUT2D eigenvalue weighted by molar-refractivity contribution is -0.115. The molecule has 0 radical (unpaired) electrons. The van der Waals surface area contributed by atoms with Crippen LogP contribution in [0.4, 0.5) is 0 Å². The lowest BCUT2D eigenvalue weighted by atomic mass is 9.94. The number of unbranched alkanes of at least 4 members (excludes halogenated alkanes) is 15. The van der Waals surface area contributed by atoms with Crippen LogP contribution in [0.5, 0.6) is 0 Å². The van der Waals surface area contributed by atoms with E-state index in [1.165, 1.54) is 121 Å². The molecule has 0 saturated heterocycles. The Morgan fingerprint density at radius 3 is 1.52 bits per heavy atom. The van der Waals surface area contributed by atoms with E-state index < -0.39 is 0 Å². The van der Waals surface area contributed by atoms with E-state index in [-0.39, 0.29) is 0 Å². The Bertz CT molecular complexity index is 342. The molecule has 1 aliphatic carbocycles. The van der Waals surface area contributed by atoms with Crippen molar-refractivity contribution in [3.8, 4) is 0 Å². The van der Waals surface area contributed by atoms with Gasteiger partial charge >= 0.3 is 0 Å². The van der Waals surface area contributed by atoms with Gasteiger partial charge in [0.25, 0.3) is 0 Å². The van der Waals surface area contributed by atoms with E-state index in [9.17, 15) is 4.79 Å². The number of allylic oxidation sites excluding steroid dienone is 2. The van der Waals surface area contributed by atoms with Gasteiger partial charge in [0.15, 0.2) is 5.78 Å². The number of rotatable bonds is 17. The molecule has 0 unspecified atom stereocenters. The van der Waals surface area contributed by atoms with Crippen molar-refractivity contribution in [1.29, 1.82) is 0 Å². The molecular formula is C24H44O. The smallest absolute Gasteiger partial charge is 0.155 e. The van der Waals surface area contributed by atoms with E-state index in [2.05, 4.69) is 6.92 Å². The van der Waals surface area contributed by atoms with Crippen LogP contribution in [0.2, 0.25) is 0 Å². The molecule has 0 aromatic rings. The first kappa shape index (κ1) is 22.5. The van der Waals surface area contributed by atoms with E-state index in [0.717, 1.165) is 12.8 Å². The topological polar surface area (TPSA) is 17.1 Å². The summed E-state index contributed by atoms with van der Waals surface area (Å²) in [6, 6.07) is 0. The number of ketones is 1. The standard InChI is InChI=1S/C24H44O/c1-2-3-4-5-6-7-8-9-10-11-12-13-14-15-16-17-19-23-20-18-21-24(25)22-23/h22H,2-21H2,1H3. The van der Waals surface area contributed by atoms with Crippen LogP contribution in [0.15, 0.2) is 11.6 Å². The van der Waals surface area contributed by atoms with Crippen molar-refractivity contribution in [3.63, 3.8) is 0 Å². The molecular weight excluding hydrogens is 304 g/mol. The van der Waals surface area contributed by atoms with Gasteiger partial charge in [-0.2, -0.15) is 0 Å². The number of carbonyl (C=O) groups excluding carboxylic acids is 1. The normalized spacial score (nSPS) is 14.8. The van der Waals surface area contributed by atoms with Crippen LogP contribution in [0.1, 0.15) is 135 Å². The van der Waals surface area contributed by atoms with Gasteiger partial charge in [-0.3, -0.25) is 4.79 Å². The zero-order chi connectivity index (χ0) is 18.0. The van der Waals surface area contributed by atoms with Crippen LogP contribution in [0.25, 0.3) is 0 Å². The highest BCUT2D eigenvalue weighted by Gasteiger charge is 2.08. The third kappa shape index (κ3) is 14.3. The van der Waals surface area contributed by atoms with Crippen LogP contribution in [-0.4, -0.2) is 5.78 Å². The van der Waals surface area contributed by atoms with E-state index in [1.54, 1.807) is 0 Å². The van der Waals surface area contributed by atoms with E-state index in [1.807, 2.05) is 6.08 Å². The Morgan fingerprint density at radius 2 is 1.08 bits per heavy atom. The van der Waals surface area contributed by atoms with Crippen molar-refractivity contribution in [1.82, 2.24) is 0 Å².